The van der Waals surface area contributed by atoms with Crippen LogP contribution in [0, 0.1) is 0 Å². The Bertz CT molecular complexity index is 336. The van der Waals surface area contributed by atoms with Gasteiger partial charge in [0.1, 0.15) is 0 Å². The summed E-state index contributed by atoms with van der Waals surface area (Å²) >= 11 is 17.8. The molecule has 0 saturated heterocycles. The highest BCUT2D eigenvalue weighted by Gasteiger charge is 2.42. The number of carbonyl (C=O) groups is 1. The van der Waals surface area contributed by atoms with Gasteiger partial charge >= 0.3 is 6.09 Å². The van der Waals surface area contributed by atoms with Gasteiger partial charge in [0.05, 0.1) is 12.6 Å². The molecule has 17 heavy (non-hydrogen) atoms. The van der Waals surface area contributed by atoms with Gasteiger partial charge in [-0.25, -0.2) is 4.79 Å². The van der Waals surface area contributed by atoms with E-state index in [0.717, 1.165) is 11.1 Å². The Morgan fingerprint density at radius 3 is 2.47 bits per heavy atom. The molecule has 1 heterocycles. The van der Waals surface area contributed by atoms with Gasteiger partial charge in [-0.3, -0.25) is 4.90 Å². The van der Waals surface area contributed by atoms with Gasteiger partial charge in [-0.05, 0) is 27.2 Å². The van der Waals surface area contributed by atoms with Crippen LogP contribution in [0.3, 0.4) is 0 Å². The highest BCUT2D eigenvalue weighted by Crippen LogP contribution is 2.39. The summed E-state index contributed by atoms with van der Waals surface area (Å²) in [6, 6.07) is -0.477. The first-order chi connectivity index (χ1) is 7.77. The molecule has 0 aromatic heterocycles. The molecule has 6 heteroatoms. The molecule has 1 amide bonds. The summed E-state index contributed by atoms with van der Waals surface area (Å²) in [6.45, 7) is 6.46. The first kappa shape index (κ1) is 14.9. The van der Waals surface area contributed by atoms with E-state index in [1.807, 2.05) is 13.8 Å². The second-order valence-electron chi connectivity index (χ2n) is 4.15. The maximum Gasteiger partial charge on any atom is 0.410 e. The number of halogens is 3. The SMILES string of the molecule is CCOC(=O)N1CC(C)=C(C)CC1C(Cl)(Cl)Cl. The Kier molecular flexibility index (Phi) is 4.99. The molecule has 0 spiro atoms. The van der Waals surface area contributed by atoms with Crippen molar-refractivity contribution in [2.45, 2.75) is 37.0 Å². The molecule has 1 atom stereocenters. The standard InChI is InChI=1S/C11H16Cl3NO2/c1-4-17-10(16)15-6-8(3)7(2)5-9(15)11(12,13)14/h9H,4-6H2,1-3H3. The minimum atomic E-state index is -1.51. The average molecular weight is 301 g/mol. The van der Waals surface area contributed by atoms with Gasteiger partial charge in [-0.15, -0.1) is 0 Å². The first-order valence-electron chi connectivity index (χ1n) is 5.42. The first-order valence-corrected chi connectivity index (χ1v) is 6.56. The molecule has 0 aliphatic carbocycles. The fourth-order valence-corrected chi connectivity index (χ4v) is 2.35. The maximum absolute atomic E-state index is 11.8. The summed E-state index contributed by atoms with van der Waals surface area (Å²) in [6.07, 6.45) is 0.122. The number of ether oxygens (including phenoxy) is 1. The summed E-state index contributed by atoms with van der Waals surface area (Å²) in [5.41, 5.74) is 2.27. The third-order valence-corrected chi connectivity index (χ3v) is 3.65. The molecular weight excluding hydrogens is 284 g/mol. The van der Waals surface area contributed by atoms with Gasteiger partial charge in [0.25, 0.3) is 0 Å². The van der Waals surface area contributed by atoms with Gasteiger partial charge in [-0.2, -0.15) is 0 Å². The van der Waals surface area contributed by atoms with Crippen molar-refractivity contribution in [2.75, 3.05) is 13.2 Å². The van der Waals surface area contributed by atoms with Crippen molar-refractivity contribution in [3.05, 3.63) is 11.1 Å². The second-order valence-corrected chi connectivity index (χ2v) is 6.52. The molecule has 1 aliphatic heterocycles. The summed E-state index contributed by atoms with van der Waals surface area (Å²) in [5.74, 6) is 0. The van der Waals surface area contributed by atoms with Crippen molar-refractivity contribution in [1.82, 2.24) is 4.90 Å². The topological polar surface area (TPSA) is 29.5 Å². The van der Waals surface area contributed by atoms with Crippen LogP contribution in [0.25, 0.3) is 0 Å². The molecular formula is C11H16Cl3NO2. The number of amides is 1. The lowest BCUT2D eigenvalue weighted by Crippen LogP contribution is -2.50. The van der Waals surface area contributed by atoms with Crippen LogP contribution in [0.5, 0.6) is 0 Å². The van der Waals surface area contributed by atoms with Crippen molar-refractivity contribution >= 4 is 40.9 Å². The Morgan fingerprint density at radius 2 is 2.00 bits per heavy atom. The van der Waals surface area contributed by atoms with E-state index in [-0.39, 0.29) is 0 Å². The summed E-state index contributed by atoms with van der Waals surface area (Å²) in [5, 5.41) is 0. The van der Waals surface area contributed by atoms with Crippen LogP contribution < -0.4 is 0 Å². The molecule has 1 aliphatic rings. The van der Waals surface area contributed by atoms with Crippen molar-refractivity contribution in [2.24, 2.45) is 0 Å². The summed E-state index contributed by atoms with van der Waals surface area (Å²) in [4.78, 5) is 13.3. The molecule has 0 bridgehead atoms. The number of hydrogen-bond donors (Lipinski definition) is 0. The average Bonchev–Trinajstić information content (AvgIpc) is 2.20. The molecule has 0 aromatic carbocycles. The largest absolute Gasteiger partial charge is 0.450 e. The van der Waals surface area contributed by atoms with Gasteiger partial charge < -0.3 is 4.74 Å². The van der Waals surface area contributed by atoms with E-state index in [1.54, 1.807) is 6.92 Å². The number of hydrogen-bond acceptors (Lipinski definition) is 2. The predicted octanol–water partition coefficient (Wildman–Crippen LogP) is 3.92. The number of rotatable bonds is 1. The maximum atomic E-state index is 11.8. The Balaban J connectivity index is 2.95. The van der Waals surface area contributed by atoms with E-state index in [1.165, 1.54) is 4.90 Å². The van der Waals surface area contributed by atoms with Gasteiger partial charge in [-0.1, -0.05) is 45.9 Å². The quantitative estimate of drug-likeness (QED) is 0.542. The van der Waals surface area contributed by atoms with Crippen LogP contribution in [0.15, 0.2) is 11.1 Å². The van der Waals surface area contributed by atoms with Gasteiger partial charge in [0, 0.05) is 6.54 Å². The van der Waals surface area contributed by atoms with E-state index < -0.39 is 15.9 Å². The van der Waals surface area contributed by atoms with Crippen molar-refractivity contribution in [1.29, 1.82) is 0 Å². The highest BCUT2D eigenvalue weighted by molar-refractivity contribution is 6.68. The molecule has 0 N–H and O–H groups in total. The van der Waals surface area contributed by atoms with E-state index >= 15 is 0 Å². The van der Waals surface area contributed by atoms with Crippen molar-refractivity contribution < 1.29 is 9.53 Å². The normalized spacial score (nSPS) is 21.8. The molecule has 1 unspecified atom stereocenters. The molecule has 98 valence electrons. The zero-order chi connectivity index (χ0) is 13.2. The molecule has 0 saturated carbocycles. The Labute approximate surface area is 117 Å². The third kappa shape index (κ3) is 3.67. The molecule has 0 fully saturated rings. The highest BCUT2D eigenvalue weighted by atomic mass is 35.6. The van der Waals surface area contributed by atoms with Crippen LogP contribution in [0.2, 0.25) is 0 Å². The van der Waals surface area contributed by atoms with Gasteiger partial charge in [0.2, 0.25) is 3.79 Å². The molecule has 1 rings (SSSR count). The third-order valence-electron chi connectivity index (χ3n) is 2.89. The van der Waals surface area contributed by atoms with Crippen molar-refractivity contribution in [3.63, 3.8) is 0 Å². The molecule has 3 nitrogen and oxygen atoms in total. The van der Waals surface area contributed by atoms with E-state index in [9.17, 15) is 4.79 Å². The zero-order valence-electron chi connectivity index (χ0n) is 10.1. The smallest absolute Gasteiger partial charge is 0.410 e. The van der Waals surface area contributed by atoms with Crippen LogP contribution in [-0.2, 0) is 4.74 Å². The monoisotopic (exact) mass is 299 g/mol. The minimum Gasteiger partial charge on any atom is -0.450 e. The summed E-state index contributed by atoms with van der Waals surface area (Å²) in [7, 11) is 0. The lowest BCUT2D eigenvalue weighted by molar-refractivity contribution is 0.0913. The molecule has 0 aromatic rings. The van der Waals surface area contributed by atoms with Crippen LogP contribution in [0.4, 0.5) is 4.79 Å². The number of nitrogens with zero attached hydrogens (tertiary/aromatic N) is 1. The molecule has 0 radical (unpaired) electrons. The zero-order valence-corrected chi connectivity index (χ0v) is 12.4. The van der Waals surface area contributed by atoms with Crippen LogP contribution in [-0.4, -0.2) is 34.0 Å². The minimum absolute atomic E-state index is 0.309. The Morgan fingerprint density at radius 1 is 1.41 bits per heavy atom. The van der Waals surface area contributed by atoms with E-state index in [4.69, 9.17) is 39.5 Å². The summed E-state index contributed by atoms with van der Waals surface area (Å²) < 4.78 is 3.47. The second kappa shape index (κ2) is 5.68. The fourth-order valence-electron chi connectivity index (χ4n) is 1.77. The van der Waals surface area contributed by atoms with Crippen LogP contribution >= 0.6 is 34.8 Å². The predicted molar refractivity (Wildman–Crippen MR) is 70.8 cm³/mol. The number of alkyl halides is 3. The lowest BCUT2D eigenvalue weighted by atomic mass is 9.97. The van der Waals surface area contributed by atoms with Gasteiger partial charge in [0.15, 0.2) is 0 Å². The van der Waals surface area contributed by atoms with E-state index in [2.05, 4.69) is 0 Å². The van der Waals surface area contributed by atoms with Crippen molar-refractivity contribution in [3.8, 4) is 0 Å². The lowest BCUT2D eigenvalue weighted by Gasteiger charge is -2.39. The fraction of sp³-hybridized carbons (Fsp3) is 0.727. The van der Waals surface area contributed by atoms with Crippen LogP contribution in [0.1, 0.15) is 27.2 Å². The van der Waals surface area contributed by atoms with E-state index in [0.29, 0.717) is 19.6 Å². The number of carbonyl (C=O) groups excluding carboxylic acids is 1. The Hall–Kier alpha value is -0.120.